The summed E-state index contributed by atoms with van der Waals surface area (Å²) in [5.41, 5.74) is 2.42. The summed E-state index contributed by atoms with van der Waals surface area (Å²) in [6, 6.07) is 10.1. The largest absolute Gasteiger partial charge is 0.451 e. The molecule has 0 atom stereocenters. The zero-order valence-corrected chi connectivity index (χ0v) is 14.8. The number of nitrogens with zero attached hydrogens (tertiary/aromatic N) is 2. The van der Waals surface area contributed by atoms with Crippen molar-refractivity contribution in [3.8, 4) is 0 Å². The Morgan fingerprint density at radius 1 is 1.08 bits per heavy atom. The van der Waals surface area contributed by atoms with E-state index in [1.165, 1.54) is 22.5 Å². The van der Waals surface area contributed by atoms with Crippen LogP contribution in [0.1, 0.15) is 28.2 Å². The number of hydrogen-bond donors (Lipinski definition) is 1. The van der Waals surface area contributed by atoms with Crippen LogP contribution in [0.3, 0.4) is 0 Å². The lowest BCUT2D eigenvalue weighted by molar-refractivity contribution is -0.144. The molecule has 1 N–H and O–H groups in total. The third kappa shape index (κ3) is 4.28. The smallest absolute Gasteiger partial charge is 0.369 e. The third-order valence-electron chi connectivity index (χ3n) is 3.82. The number of anilines is 1. The molecule has 0 aliphatic carbocycles. The van der Waals surface area contributed by atoms with Crippen molar-refractivity contribution in [1.29, 1.82) is 0 Å². The normalized spacial score (nSPS) is 11.9. The number of alkyl halides is 3. The second kappa shape index (κ2) is 7.00. The van der Waals surface area contributed by atoms with Crippen LogP contribution in [0.4, 0.5) is 19.0 Å². The number of halogens is 3. The van der Waals surface area contributed by atoms with E-state index in [1.54, 1.807) is 0 Å². The van der Waals surface area contributed by atoms with Crippen LogP contribution in [0.25, 0.3) is 10.2 Å². The van der Waals surface area contributed by atoms with Gasteiger partial charge in [-0.3, -0.25) is 0 Å². The molecule has 0 aliphatic rings. The first kappa shape index (κ1) is 17.7. The molecular formula is C18H18F3N3S. The van der Waals surface area contributed by atoms with Crippen LogP contribution < -0.4 is 5.32 Å². The topological polar surface area (TPSA) is 37.8 Å². The Kier molecular flexibility index (Phi) is 4.94. The second-order valence-corrected chi connectivity index (χ2v) is 7.22. The average Bonchev–Trinajstić information content (AvgIpc) is 2.92. The van der Waals surface area contributed by atoms with Crippen molar-refractivity contribution in [1.82, 2.24) is 9.97 Å². The van der Waals surface area contributed by atoms with Gasteiger partial charge in [-0.05, 0) is 38.3 Å². The van der Waals surface area contributed by atoms with Crippen LogP contribution in [-0.2, 0) is 12.6 Å². The quantitative estimate of drug-likeness (QED) is 0.618. The molecule has 0 radical (unpaired) electrons. The molecule has 3 nitrogen and oxygen atoms in total. The van der Waals surface area contributed by atoms with E-state index in [0.29, 0.717) is 16.8 Å². The van der Waals surface area contributed by atoms with E-state index in [-0.39, 0.29) is 5.82 Å². The van der Waals surface area contributed by atoms with Gasteiger partial charge in [0.1, 0.15) is 10.6 Å². The van der Waals surface area contributed by atoms with Crippen LogP contribution in [0, 0.1) is 13.8 Å². The third-order valence-corrected chi connectivity index (χ3v) is 4.77. The fourth-order valence-electron chi connectivity index (χ4n) is 2.56. The Labute approximate surface area is 147 Å². The van der Waals surface area contributed by atoms with E-state index < -0.39 is 12.0 Å². The molecular weight excluding hydrogens is 347 g/mol. The Hall–Kier alpha value is -2.15. The molecule has 0 saturated carbocycles. The van der Waals surface area contributed by atoms with Gasteiger partial charge >= 0.3 is 6.18 Å². The molecule has 0 aliphatic heterocycles. The molecule has 0 spiro atoms. The van der Waals surface area contributed by atoms with Crippen molar-refractivity contribution < 1.29 is 13.2 Å². The Bertz CT molecular complexity index is 870. The molecule has 0 saturated heterocycles. The molecule has 1 aromatic carbocycles. The van der Waals surface area contributed by atoms with Crippen molar-refractivity contribution in [3.05, 3.63) is 52.2 Å². The van der Waals surface area contributed by atoms with Crippen LogP contribution in [0.2, 0.25) is 0 Å². The van der Waals surface area contributed by atoms with Gasteiger partial charge in [0.15, 0.2) is 0 Å². The van der Waals surface area contributed by atoms with E-state index in [4.69, 9.17) is 0 Å². The Morgan fingerprint density at radius 2 is 1.80 bits per heavy atom. The van der Waals surface area contributed by atoms with E-state index in [9.17, 15) is 13.2 Å². The summed E-state index contributed by atoms with van der Waals surface area (Å²) < 4.78 is 39.0. The number of nitrogens with one attached hydrogen (secondary N) is 1. The van der Waals surface area contributed by atoms with Crippen LogP contribution in [0.15, 0.2) is 30.3 Å². The number of rotatable bonds is 5. The van der Waals surface area contributed by atoms with Crippen molar-refractivity contribution >= 4 is 27.4 Å². The van der Waals surface area contributed by atoms with Gasteiger partial charge in [-0.2, -0.15) is 13.2 Å². The van der Waals surface area contributed by atoms with Crippen LogP contribution in [0.5, 0.6) is 0 Å². The van der Waals surface area contributed by atoms with Crippen molar-refractivity contribution in [2.75, 3.05) is 11.9 Å². The Balaban J connectivity index is 1.72. The first-order valence-electron chi connectivity index (χ1n) is 7.98. The molecule has 3 rings (SSSR count). The minimum atomic E-state index is -4.55. The summed E-state index contributed by atoms with van der Waals surface area (Å²) in [5.74, 6) is -0.839. The van der Waals surface area contributed by atoms with Crippen molar-refractivity contribution in [2.45, 2.75) is 32.9 Å². The fourth-order valence-corrected chi connectivity index (χ4v) is 3.44. The second-order valence-electron chi connectivity index (χ2n) is 5.99. The van der Waals surface area contributed by atoms with E-state index in [1.807, 2.05) is 19.9 Å². The highest BCUT2D eigenvalue weighted by atomic mass is 32.1. The van der Waals surface area contributed by atoms with E-state index in [0.717, 1.165) is 17.7 Å². The van der Waals surface area contributed by atoms with Crippen LogP contribution in [-0.4, -0.2) is 16.5 Å². The molecule has 2 heterocycles. The van der Waals surface area contributed by atoms with Crippen molar-refractivity contribution in [3.63, 3.8) is 0 Å². The number of benzene rings is 1. The molecule has 25 heavy (non-hydrogen) atoms. The summed E-state index contributed by atoms with van der Waals surface area (Å²) in [6.07, 6.45) is -2.89. The fraction of sp³-hybridized carbons (Fsp3) is 0.333. The van der Waals surface area contributed by atoms with Crippen LogP contribution >= 0.6 is 11.3 Å². The lowest BCUT2D eigenvalue weighted by atomic mass is 10.1. The van der Waals surface area contributed by atoms with Gasteiger partial charge < -0.3 is 5.32 Å². The molecule has 0 unspecified atom stereocenters. The van der Waals surface area contributed by atoms with Gasteiger partial charge in [0.25, 0.3) is 0 Å². The maximum atomic E-state index is 13.0. The number of hydrogen-bond acceptors (Lipinski definition) is 4. The number of thiophene rings is 1. The summed E-state index contributed by atoms with van der Waals surface area (Å²) >= 11 is 1.24. The molecule has 2 aromatic heterocycles. The highest BCUT2D eigenvalue weighted by Crippen LogP contribution is 2.33. The first-order valence-corrected chi connectivity index (χ1v) is 8.79. The molecule has 132 valence electrons. The zero-order valence-electron chi connectivity index (χ0n) is 13.9. The standard InChI is InChI=1S/C18H18F3N3S/c1-11-5-7-13(8-6-11)4-3-9-22-15-14-10-12(2)25-16(14)24-17(23-15)18(19,20)21/h5-8,10H,3-4,9H2,1-2H3,(H,22,23,24). The molecule has 3 aromatic rings. The Morgan fingerprint density at radius 3 is 2.48 bits per heavy atom. The summed E-state index contributed by atoms with van der Waals surface area (Å²) in [6.45, 7) is 4.43. The molecule has 0 fully saturated rings. The molecule has 0 amide bonds. The summed E-state index contributed by atoms with van der Waals surface area (Å²) in [7, 11) is 0. The number of fused-ring (bicyclic) bond motifs is 1. The molecule has 0 bridgehead atoms. The predicted molar refractivity (Wildman–Crippen MR) is 95.1 cm³/mol. The monoisotopic (exact) mass is 365 g/mol. The van der Waals surface area contributed by atoms with Gasteiger partial charge in [0, 0.05) is 11.4 Å². The SMILES string of the molecule is Cc1ccc(CCCNc2nc(C(F)(F)F)nc3sc(C)cc23)cc1. The van der Waals surface area contributed by atoms with Gasteiger partial charge in [-0.1, -0.05) is 29.8 Å². The lowest BCUT2D eigenvalue weighted by Gasteiger charge is -2.10. The summed E-state index contributed by atoms with van der Waals surface area (Å²) in [5, 5.41) is 3.69. The van der Waals surface area contributed by atoms with E-state index >= 15 is 0 Å². The summed E-state index contributed by atoms with van der Waals surface area (Å²) in [4.78, 5) is 8.63. The first-order chi connectivity index (χ1) is 11.8. The van der Waals surface area contributed by atoms with Gasteiger partial charge in [-0.15, -0.1) is 11.3 Å². The minimum Gasteiger partial charge on any atom is -0.369 e. The maximum absolute atomic E-state index is 13.0. The predicted octanol–water partition coefficient (Wildman–Crippen LogP) is 5.37. The van der Waals surface area contributed by atoms with Crippen molar-refractivity contribution in [2.24, 2.45) is 0 Å². The zero-order chi connectivity index (χ0) is 18.0. The minimum absolute atomic E-state index is 0.255. The highest BCUT2D eigenvalue weighted by molar-refractivity contribution is 7.18. The lowest BCUT2D eigenvalue weighted by Crippen LogP contribution is -2.13. The average molecular weight is 365 g/mol. The van der Waals surface area contributed by atoms with Gasteiger partial charge in [0.2, 0.25) is 5.82 Å². The molecule has 7 heteroatoms. The number of aryl methyl sites for hydroxylation is 3. The highest BCUT2D eigenvalue weighted by Gasteiger charge is 2.35. The van der Waals surface area contributed by atoms with Gasteiger partial charge in [-0.25, -0.2) is 9.97 Å². The van der Waals surface area contributed by atoms with E-state index in [2.05, 4.69) is 39.6 Å². The maximum Gasteiger partial charge on any atom is 0.451 e. The number of aromatic nitrogens is 2. The van der Waals surface area contributed by atoms with Gasteiger partial charge in [0.05, 0.1) is 5.39 Å².